The number of nitrogens with one attached hydrogen (secondary N) is 1. The Bertz CT molecular complexity index is 1130. The molecular formula is C21H18F2N6. The minimum absolute atomic E-state index is 0.559. The molecule has 0 saturated carbocycles. The lowest BCUT2D eigenvalue weighted by atomic mass is 10.1. The first-order chi connectivity index (χ1) is 14.2. The zero-order valence-corrected chi connectivity index (χ0v) is 15.5. The number of anilines is 2. The molecule has 2 aromatic carbocycles. The Kier molecular flexibility index (Phi) is 4.31. The molecule has 1 aliphatic heterocycles. The maximum absolute atomic E-state index is 13.6. The predicted octanol–water partition coefficient (Wildman–Crippen LogP) is 3.62. The third kappa shape index (κ3) is 3.37. The number of piperazine rings is 1. The summed E-state index contributed by atoms with van der Waals surface area (Å²) in [6, 6.07) is 9.70. The Morgan fingerprint density at radius 1 is 0.828 bits per heavy atom. The Hall–Kier alpha value is -3.55. The fourth-order valence-corrected chi connectivity index (χ4v) is 3.78. The number of benzene rings is 2. The van der Waals surface area contributed by atoms with E-state index in [9.17, 15) is 8.78 Å². The second kappa shape index (κ2) is 7.12. The lowest BCUT2D eigenvalue weighted by Gasteiger charge is -2.37. The minimum atomic E-state index is -0.559. The van der Waals surface area contributed by atoms with Gasteiger partial charge in [-0.3, -0.25) is 5.10 Å². The molecule has 5 rings (SSSR count). The third-order valence-electron chi connectivity index (χ3n) is 5.24. The van der Waals surface area contributed by atoms with E-state index < -0.39 is 11.6 Å². The van der Waals surface area contributed by atoms with Gasteiger partial charge in [0.15, 0.2) is 0 Å². The number of aromatic nitrogens is 4. The van der Waals surface area contributed by atoms with Crippen LogP contribution < -0.4 is 9.80 Å². The first-order valence-electron chi connectivity index (χ1n) is 9.37. The van der Waals surface area contributed by atoms with Crippen LogP contribution in [-0.2, 0) is 0 Å². The molecule has 8 heteroatoms. The summed E-state index contributed by atoms with van der Waals surface area (Å²) < 4.78 is 27.1. The lowest BCUT2D eigenvalue weighted by Crippen LogP contribution is -2.47. The van der Waals surface area contributed by atoms with Crippen molar-refractivity contribution >= 4 is 22.4 Å². The van der Waals surface area contributed by atoms with E-state index in [0.29, 0.717) is 31.9 Å². The van der Waals surface area contributed by atoms with Gasteiger partial charge in [-0.05, 0) is 29.8 Å². The van der Waals surface area contributed by atoms with E-state index in [1.807, 2.05) is 23.2 Å². The van der Waals surface area contributed by atoms with Gasteiger partial charge in [-0.1, -0.05) is 6.07 Å². The summed E-state index contributed by atoms with van der Waals surface area (Å²) in [6.07, 6.45) is 5.20. The summed E-state index contributed by atoms with van der Waals surface area (Å²) >= 11 is 0. The summed E-state index contributed by atoms with van der Waals surface area (Å²) in [5.41, 5.74) is 3.48. The monoisotopic (exact) mass is 392 g/mol. The van der Waals surface area contributed by atoms with Gasteiger partial charge in [-0.15, -0.1) is 0 Å². The number of hydrogen-bond donors (Lipinski definition) is 1. The Morgan fingerprint density at radius 2 is 1.59 bits per heavy atom. The average Bonchev–Trinajstić information content (AvgIpc) is 3.27. The molecular weight excluding hydrogens is 374 g/mol. The van der Waals surface area contributed by atoms with E-state index in [2.05, 4.69) is 31.1 Å². The van der Waals surface area contributed by atoms with Crippen LogP contribution in [0.25, 0.3) is 22.0 Å². The number of hydrogen-bond acceptors (Lipinski definition) is 5. The molecule has 1 fully saturated rings. The zero-order valence-electron chi connectivity index (χ0n) is 15.5. The molecule has 0 amide bonds. The van der Waals surface area contributed by atoms with Gasteiger partial charge in [0.2, 0.25) is 0 Å². The van der Waals surface area contributed by atoms with Crippen molar-refractivity contribution in [1.82, 2.24) is 20.2 Å². The highest BCUT2D eigenvalue weighted by molar-refractivity contribution is 5.92. The van der Waals surface area contributed by atoms with E-state index >= 15 is 0 Å². The summed E-state index contributed by atoms with van der Waals surface area (Å²) in [5, 5.41) is 7.82. The van der Waals surface area contributed by atoms with Crippen molar-refractivity contribution in [3.8, 4) is 11.1 Å². The normalized spacial score (nSPS) is 14.6. The topological polar surface area (TPSA) is 60.9 Å². The Morgan fingerprint density at radius 3 is 2.31 bits per heavy atom. The van der Waals surface area contributed by atoms with Gasteiger partial charge < -0.3 is 9.80 Å². The fraction of sp³-hybridized carbons (Fsp3) is 0.190. The molecule has 0 radical (unpaired) electrons. The minimum Gasteiger partial charge on any atom is -0.368 e. The first-order valence-corrected chi connectivity index (χ1v) is 9.37. The number of nitrogens with zero attached hydrogens (tertiary/aromatic N) is 5. The molecule has 4 aromatic rings. The van der Waals surface area contributed by atoms with Gasteiger partial charge in [0.05, 0.1) is 11.7 Å². The van der Waals surface area contributed by atoms with Crippen LogP contribution in [-0.4, -0.2) is 46.3 Å². The van der Waals surface area contributed by atoms with Gasteiger partial charge in [-0.25, -0.2) is 18.7 Å². The van der Waals surface area contributed by atoms with Crippen molar-refractivity contribution in [1.29, 1.82) is 0 Å². The maximum atomic E-state index is 13.6. The van der Waals surface area contributed by atoms with Crippen molar-refractivity contribution in [3.05, 3.63) is 66.8 Å². The maximum Gasteiger partial charge on any atom is 0.140 e. The molecule has 3 heterocycles. The SMILES string of the molecule is Fc1cc(F)cc(N2CCN(c3ncnc4ccc(-c5cn[nH]c5)cc34)CC2)c1. The van der Waals surface area contributed by atoms with E-state index in [1.54, 1.807) is 12.5 Å². The van der Waals surface area contributed by atoms with E-state index in [-0.39, 0.29) is 0 Å². The Balaban J connectivity index is 1.42. The van der Waals surface area contributed by atoms with E-state index in [4.69, 9.17) is 0 Å². The largest absolute Gasteiger partial charge is 0.368 e. The van der Waals surface area contributed by atoms with Gasteiger partial charge in [-0.2, -0.15) is 5.10 Å². The van der Waals surface area contributed by atoms with Gasteiger partial charge >= 0.3 is 0 Å². The molecule has 2 aromatic heterocycles. The summed E-state index contributed by atoms with van der Waals surface area (Å²) in [7, 11) is 0. The van der Waals surface area contributed by atoms with Crippen LogP contribution in [0.2, 0.25) is 0 Å². The molecule has 29 heavy (non-hydrogen) atoms. The highest BCUT2D eigenvalue weighted by atomic mass is 19.1. The molecule has 1 N–H and O–H groups in total. The molecule has 0 unspecified atom stereocenters. The molecule has 146 valence electrons. The quantitative estimate of drug-likeness (QED) is 0.577. The number of rotatable bonds is 3. The van der Waals surface area contributed by atoms with Crippen molar-refractivity contribution < 1.29 is 8.78 Å². The smallest absolute Gasteiger partial charge is 0.140 e. The number of fused-ring (bicyclic) bond motifs is 1. The third-order valence-corrected chi connectivity index (χ3v) is 5.24. The van der Waals surface area contributed by atoms with Crippen LogP contribution in [0.3, 0.4) is 0 Å². The van der Waals surface area contributed by atoms with Gasteiger partial charge in [0.25, 0.3) is 0 Å². The molecule has 1 aliphatic rings. The number of halogens is 2. The van der Waals surface area contributed by atoms with Gasteiger partial charge in [0.1, 0.15) is 23.8 Å². The highest BCUT2D eigenvalue weighted by Crippen LogP contribution is 2.29. The van der Waals surface area contributed by atoms with Crippen molar-refractivity contribution in [3.63, 3.8) is 0 Å². The van der Waals surface area contributed by atoms with Crippen molar-refractivity contribution in [2.75, 3.05) is 36.0 Å². The van der Waals surface area contributed by atoms with Crippen molar-refractivity contribution in [2.45, 2.75) is 0 Å². The molecule has 6 nitrogen and oxygen atoms in total. The number of H-pyrrole nitrogens is 1. The van der Waals surface area contributed by atoms with Crippen LogP contribution in [0.15, 0.2) is 55.1 Å². The molecule has 0 atom stereocenters. The van der Waals surface area contributed by atoms with Crippen LogP contribution in [0.5, 0.6) is 0 Å². The Labute approximate surface area is 165 Å². The predicted molar refractivity (Wildman–Crippen MR) is 108 cm³/mol. The van der Waals surface area contributed by atoms with Crippen LogP contribution >= 0.6 is 0 Å². The highest BCUT2D eigenvalue weighted by Gasteiger charge is 2.21. The van der Waals surface area contributed by atoms with E-state index in [1.165, 1.54) is 12.1 Å². The van der Waals surface area contributed by atoms with Gasteiger partial charge in [0, 0.05) is 55.1 Å². The average molecular weight is 392 g/mol. The second-order valence-electron chi connectivity index (χ2n) is 7.02. The number of aromatic amines is 1. The standard InChI is InChI=1S/C21H18F2N6/c22-16-8-17(23)10-18(9-16)28-3-5-29(6-4-28)21-19-7-14(15-11-26-27-12-15)1-2-20(19)24-13-25-21/h1-2,7-13H,3-6H2,(H,26,27). The van der Waals surface area contributed by atoms with Crippen LogP contribution in [0.4, 0.5) is 20.3 Å². The zero-order chi connectivity index (χ0) is 19.8. The first kappa shape index (κ1) is 17.5. The summed E-state index contributed by atoms with van der Waals surface area (Å²) in [4.78, 5) is 13.1. The molecule has 0 aliphatic carbocycles. The molecule has 0 spiro atoms. The fourth-order valence-electron chi connectivity index (χ4n) is 3.78. The van der Waals surface area contributed by atoms with E-state index in [0.717, 1.165) is 33.9 Å². The summed E-state index contributed by atoms with van der Waals surface area (Å²) in [6.45, 7) is 2.69. The molecule has 1 saturated heterocycles. The van der Waals surface area contributed by atoms with Crippen LogP contribution in [0.1, 0.15) is 0 Å². The van der Waals surface area contributed by atoms with Crippen molar-refractivity contribution in [2.24, 2.45) is 0 Å². The molecule has 0 bridgehead atoms. The van der Waals surface area contributed by atoms with Crippen LogP contribution in [0, 0.1) is 11.6 Å². The lowest BCUT2D eigenvalue weighted by molar-refractivity contribution is 0.578. The summed E-state index contributed by atoms with van der Waals surface area (Å²) in [5.74, 6) is -0.252. The second-order valence-corrected chi connectivity index (χ2v) is 7.02.